The molecule has 1 heterocycles. The molecule has 0 spiro atoms. The van der Waals surface area contributed by atoms with Crippen LogP contribution in [-0.2, 0) is 4.79 Å². The van der Waals surface area contributed by atoms with E-state index in [2.05, 4.69) is 11.4 Å². The molecule has 1 rings (SSSR count). The molecule has 2 nitrogen and oxygen atoms in total. The SMILES string of the molecule is CC(=O)CC1=CCCNCC1. The summed E-state index contributed by atoms with van der Waals surface area (Å²) < 4.78 is 0. The standard InChI is InChI=1S/C9H15NO/c1-8(11)7-9-3-2-5-10-6-4-9/h3,10H,2,4-7H2,1H3. The number of Topliss-reactive ketones (excluding diaryl/α,β-unsaturated/α-hetero) is 1. The van der Waals surface area contributed by atoms with Gasteiger partial charge < -0.3 is 5.32 Å². The first-order valence-electron chi connectivity index (χ1n) is 4.17. The van der Waals surface area contributed by atoms with Crippen molar-refractivity contribution in [1.29, 1.82) is 0 Å². The van der Waals surface area contributed by atoms with Crippen molar-refractivity contribution in [2.75, 3.05) is 13.1 Å². The minimum atomic E-state index is 0.276. The minimum absolute atomic E-state index is 0.276. The van der Waals surface area contributed by atoms with Crippen LogP contribution in [0.2, 0.25) is 0 Å². The highest BCUT2D eigenvalue weighted by Gasteiger charge is 2.03. The van der Waals surface area contributed by atoms with E-state index in [1.807, 2.05) is 0 Å². The Morgan fingerprint density at radius 1 is 1.64 bits per heavy atom. The van der Waals surface area contributed by atoms with Gasteiger partial charge in [0.25, 0.3) is 0 Å². The van der Waals surface area contributed by atoms with E-state index in [1.54, 1.807) is 6.92 Å². The third-order valence-electron chi connectivity index (χ3n) is 1.85. The third kappa shape index (κ3) is 3.33. The number of hydrogen-bond donors (Lipinski definition) is 1. The Hall–Kier alpha value is -0.630. The summed E-state index contributed by atoms with van der Waals surface area (Å²) in [5.74, 6) is 0.276. The molecule has 0 unspecified atom stereocenters. The fourth-order valence-corrected chi connectivity index (χ4v) is 1.33. The first-order valence-corrected chi connectivity index (χ1v) is 4.17. The smallest absolute Gasteiger partial charge is 0.133 e. The summed E-state index contributed by atoms with van der Waals surface area (Å²) in [6.45, 7) is 3.74. The Balaban J connectivity index is 2.40. The Bertz CT molecular complexity index is 172. The predicted octanol–water partition coefficient (Wildman–Crippen LogP) is 1.28. The van der Waals surface area contributed by atoms with Crippen LogP contribution in [0.25, 0.3) is 0 Å². The molecule has 0 saturated heterocycles. The van der Waals surface area contributed by atoms with Crippen molar-refractivity contribution in [2.45, 2.75) is 26.2 Å². The van der Waals surface area contributed by atoms with Gasteiger partial charge in [-0.2, -0.15) is 0 Å². The van der Waals surface area contributed by atoms with Crippen LogP contribution < -0.4 is 5.32 Å². The quantitative estimate of drug-likeness (QED) is 0.605. The molecule has 0 fully saturated rings. The largest absolute Gasteiger partial charge is 0.316 e. The lowest BCUT2D eigenvalue weighted by atomic mass is 10.1. The molecule has 0 atom stereocenters. The van der Waals surface area contributed by atoms with Crippen molar-refractivity contribution in [2.24, 2.45) is 0 Å². The maximum absolute atomic E-state index is 10.8. The van der Waals surface area contributed by atoms with Gasteiger partial charge in [-0.15, -0.1) is 0 Å². The molecular weight excluding hydrogens is 138 g/mol. The second kappa shape index (κ2) is 4.29. The van der Waals surface area contributed by atoms with Crippen LogP contribution in [0.5, 0.6) is 0 Å². The molecule has 11 heavy (non-hydrogen) atoms. The van der Waals surface area contributed by atoms with E-state index in [0.717, 1.165) is 25.9 Å². The third-order valence-corrected chi connectivity index (χ3v) is 1.85. The molecule has 0 aromatic carbocycles. The molecule has 2 heteroatoms. The van der Waals surface area contributed by atoms with Gasteiger partial charge in [0.15, 0.2) is 0 Å². The second-order valence-electron chi connectivity index (χ2n) is 3.03. The normalized spacial score (nSPS) is 18.8. The minimum Gasteiger partial charge on any atom is -0.316 e. The number of rotatable bonds is 2. The molecule has 0 aromatic heterocycles. The van der Waals surface area contributed by atoms with Crippen molar-refractivity contribution in [3.8, 4) is 0 Å². The highest BCUT2D eigenvalue weighted by molar-refractivity contribution is 5.78. The summed E-state index contributed by atoms with van der Waals surface area (Å²) in [4.78, 5) is 10.8. The molecule has 1 aliphatic heterocycles. The molecule has 0 aliphatic carbocycles. The van der Waals surface area contributed by atoms with E-state index < -0.39 is 0 Å². The molecule has 1 aliphatic rings. The summed E-state index contributed by atoms with van der Waals surface area (Å²) in [7, 11) is 0. The average molecular weight is 153 g/mol. The van der Waals surface area contributed by atoms with Gasteiger partial charge in [0, 0.05) is 6.42 Å². The van der Waals surface area contributed by atoms with Crippen LogP contribution in [0.1, 0.15) is 26.2 Å². The molecular formula is C9H15NO. The van der Waals surface area contributed by atoms with Crippen LogP contribution in [0.3, 0.4) is 0 Å². The van der Waals surface area contributed by atoms with Crippen LogP contribution in [-0.4, -0.2) is 18.9 Å². The summed E-state index contributed by atoms with van der Waals surface area (Å²) in [6.07, 6.45) is 4.96. The van der Waals surface area contributed by atoms with E-state index in [0.29, 0.717) is 6.42 Å². The van der Waals surface area contributed by atoms with E-state index >= 15 is 0 Å². The zero-order chi connectivity index (χ0) is 8.10. The maximum atomic E-state index is 10.8. The highest BCUT2D eigenvalue weighted by Crippen LogP contribution is 2.09. The summed E-state index contributed by atoms with van der Waals surface area (Å²) in [5.41, 5.74) is 1.31. The molecule has 62 valence electrons. The highest BCUT2D eigenvalue weighted by atomic mass is 16.1. The molecule has 1 N–H and O–H groups in total. The summed E-state index contributed by atoms with van der Waals surface area (Å²) in [5, 5.41) is 3.29. The van der Waals surface area contributed by atoms with Crippen molar-refractivity contribution in [3.63, 3.8) is 0 Å². The number of hydrogen-bond acceptors (Lipinski definition) is 2. The Kier molecular flexibility index (Phi) is 3.30. The lowest BCUT2D eigenvalue weighted by Gasteiger charge is -2.00. The van der Waals surface area contributed by atoms with E-state index in [9.17, 15) is 4.79 Å². The fraction of sp³-hybridized carbons (Fsp3) is 0.667. The number of ketones is 1. The zero-order valence-electron chi connectivity index (χ0n) is 7.02. The van der Waals surface area contributed by atoms with E-state index in [-0.39, 0.29) is 5.78 Å². The van der Waals surface area contributed by atoms with Gasteiger partial charge in [0.2, 0.25) is 0 Å². The van der Waals surface area contributed by atoms with Crippen LogP contribution in [0.4, 0.5) is 0 Å². The van der Waals surface area contributed by atoms with Crippen molar-refractivity contribution < 1.29 is 4.79 Å². The van der Waals surface area contributed by atoms with Crippen LogP contribution in [0.15, 0.2) is 11.6 Å². The fourth-order valence-electron chi connectivity index (χ4n) is 1.33. The van der Waals surface area contributed by atoms with Gasteiger partial charge in [0.05, 0.1) is 0 Å². The number of nitrogens with one attached hydrogen (secondary N) is 1. The lowest BCUT2D eigenvalue weighted by Crippen LogP contribution is -2.14. The molecule has 0 radical (unpaired) electrons. The second-order valence-corrected chi connectivity index (χ2v) is 3.03. The van der Waals surface area contributed by atoms with E-state index in [1.165, 1.54) is 5.57 Å². The summed E-state index contributed by atoms with van der Waals surface area (Å²) >= 11 is 0. The molecule has 0 aromatic rings. The van der Waals surface area contributed by atoms with Gasteiger partial charge in [-0.25, -0.2) is 0 Å². The van der Waals surface area contributed by atoms with Crippen molar-refractivity contribution >= 4 is 5.78 Å². The average Bonchev–Trinajstić information content (AvgIpc) is 2.14. The number of carbonyl (C=O) groups excluding carboxylic acids is 1. The Labute approximate surface area is 67.7 Å². The first-order chi connectivity index (χ1) is 5.29. The van der Waals surface area contributed by atoms with Gasteiger partial charge in [-0.05, 0) is 32.9 Å². The maximum Gasteiger partial charge on any atom is 0.133 e. The molecule has 0 bridgehead atoms. The molecule has 0 saturated carbocycles. The number of carbonyl (C=O) groups is 1. The monoisotopic (exact) mass is 153 g/mol. The van der Waals surface area contributed by atoms with Gasteiger partial charge in [-0.3, -0.25) is 4.79 Å². The summed E-state index contributed by atoms with van der Waals surface area (Å²) in [6, 6.07) is 0. The first kappa shape index (κ1) is 8.47. The lowest BCUT2D eigenvalue weighted by molar-refractivity contribution is -0.116. The van der Waals surface area contributed by atoms with E-state index in [4.69, 9.17) is 0 Å². The van der Waals surface area contributed by atoms with Gasteiger partial charge in [0.1, 0.15) is 5.78 Å². The molecule has 0 amide bonds. The zero-order valence-corrected chi connectivity index (χ0v) is 7.02. The van der Waals surface area contributed by atoms with Crippen LogP contribution >= 0.6 is 0 Å². The Morgan fingerprint density at radius 3 is 3.18 bits per heavy atom. The predicted molar refractivity (Wildman–Crippen MR) is 45.5 cm³/mol. The Morgan fingerprint density at radius 2 is 2.45 bits per heavy atom. The van der Waals surface area contributed by atoms with Crippen molar-refractivity contribution in [1.82, 2.24) is 5.32 Å². The topological polar surface area (TPSA) is 29.1 Å². The van der Waals surface area contributed by atoms with Crippen molar-refractivity contribution in [3.05, 3.63) is 11.6 Å². The van der Waals surface area contributed by atoms with Gasteiger partial charge in [-0.1, -0.05) is 11.6 Å². The van der Waals surface area contributed by atoms with Crippen LogP contribution in [0, 0.1) is 0 Å². The van der Waals surface area contributed by atoms with Gasteiger partial charge >= 0.3 is 0 Å².